The molecule has 0 amide bonds. The number of nitrogens with zero attached hydrogens (tertiary/aromatic N) is 1. The number of rotatable bonds is 0. The van der Waals surface area contributed by atoms with Gasteiger partial charge in [-0.3, -0.25) is 0 Å². The molecular formula is C12H12BrN. The van der Waals surface area contributed by atoms with Crippen LogP contribution in [0.3, 0.4) is 0 Å². The van der Waals surface area contributed by atoms with E-state index in [0.717, 1.165) is 18.4 Å². The van der Waals surface area contributed by atoms with E-state index >= 15 is 0 Å². The van der Waals surface area contributed by atoms with Gasteiger partial charge in [-0.15, -0.1) is 0 Å². The number of fused-ring (bicyclic) bond motifs is 1. The van der Waals surface area contributed by atoms with E-state index in [2.05, 4.69) is 41.1 Å². The summed E-state index contributed by atoms with van der Waals surface area (Å²) in [5.74, 6) is 0.574. The second-order valence-corrected chi connectivity index (χ2v) is 5.29. The van der Waals surface area contributed by atoms with E-state index in [0.29, 0.717) is 5.92 Å². The van der Waals surface area contributed by atoms with Crippen molar-refractivity contribution in [1.29, 1.82) is 5.26 Å². The fourth-order valence-electron chi connectivity index (χ4n) is 2.11. The molecule has 1 aliphatic carbocycles. The molecule has 2 unspecified atom stereocenters. The van der Waals surface area contributed by atoms with E-state index in [1.54, 1.807) is 0 Å². The molecule has 2 heteroatoms. The lowest BCUT2D eigenvalue weighted by Crippen LogP contribution is -2.23. The number of nitriles is 1. The Kier molecular flexibility index (Phi) is 2.36. The molecule has 0 N–H and O–H groups in total. The van der Waals surface area contributed by atoms with Gasteiger partial charge in [0.05, 0.1) is 6.07 Å². The van der Waals surface area contributed by atoms with Crippen LogP contribution in [0.25, 0.3) is 0 Å². The van der Waals surface area contributed by atoms with Crippen LogP contribution in [0.1, 0.15) is 36.8 Å². The first-order chi connectivity index (χ1) is 6.67. The normalized spacial score (nSPS) is 30.5. The van der Waals surface area contributed by atoms with E-state index in [-0.39, 0.29) is 0 Å². The van der Waals surface area contributed by atoms with Crippen molar-refractivity contribution in [3.05, 3.63) is 35.4 Å². The zero-order chi connectivity index (χ0) is 10.2. The van der Waals surface area contributed by atoms with Crippen molar-refractivity contribution in [2.75, 3.05) is 0 Å². The molecule has 0 aliphatic heterocycles. The summed E-state index contributed by atoms with van der Waals surface area (Å²) >= 11 is 3.56. The standard InChI is InChI=1S/C12H12BrN/c1-9-6-7-12(13,8-14)11-5-3-2-4-10(9)11/h2-5,9H,6-7H2,1H3. The molecule has 0 saturated carbocycles. The number of hydrogen-bond acceptors (Lipinski definition) is 1. The third-order valence-corrected chi connectivity index (χ3v) is 4.02. The van der Waals surface area contributed by atoms with E-state index < -0.39 is 4.32 Å². The smallest absolute Gasteiger partial charge is 0.137 e. The molecule has 2 atom stereocenters. The topological polar surface area (TPSA) is 23.8 Å². The summed E-state index contributed by atoms with van der Waals surface area (Å²) in [6.07, 6.45) is 1.98. The van der Waals surface area contributed by atoms with Gasteiger partial charge in [0.1, 0.15) is 4.32 Å². The maximum Gasteiger partial charge on any atom is 0.137 e. The van der Waals surface area contributed by atoms with Gasteiger partial charge in [0, 0.05) is 0 Å². The van der Waals surface area contributed by atoms with Gasteiger partial charge in [0.2, 0.25) is 0 Å². The van der Waals surface area contributed by atoms with Crippen LogP contribution >= 0.6 is 15.9 Å². The molecular weight excluding hydrogens is 238 g/mol. The van der Waals surface area contributed by atoms with Crippen LogP contribution in [0.2, 0.25) is 0 Å². The maximum atomic E-state index is 9.19. The Morgan fingerprint density at radius 2 is 2.21 bits per heavy atom. The highest BCUT2D eigenvalue weighted by Gasteiger charge is 2.36. The molecule has 1 aliphatic rings. The molecule has 0 saturated heterocycles. The molecule has 14 heavy (non-hydrogen) atoms. The van der Waals surface area contributed by atoms with Crippen LogP contribution in [0, 0.1) is 11.3 Å². The molecule has 1 nitrogen and oxygen atoms in total. The lowest BCUT2D eigenvalue weighted by Gasteiger charge is -2.31. The number of alkyl halides is 1. The zero-order valence-corrected chi connectivity index (χ0v) is 9.71. The van der Waals surface area contributed by atoms with Gasteiger partial charge in [-0.1, -0.05) is 47.1 Å². The first kappa shape index (κ1) is 9.73. The monoisotopic (exact) mass is 249 g/mol. The lowest BCUT2D eigenvalue weighted by atomic mass is 9.78. The molecule has 0 heterocycles. The predicted molar refractivity (Wildman–Crippen MR) is 60.3 cm³/mol. The van der Waals surface area contributed by atoms with Crippen molar-refractivity contribution in [3.63, 3.8) is 0 Å². The number of halogens is 1. The van der Waals surface area contributed by atoms with E-state index in [1.165, 1.54) is 5.56 Å². The fourth-order valence-corrected chi connectivity index (χ4v) is 2.70. The van der Waals surface area contributed by atoms with Crippen molar-refractivity contribution in [2.24, 2.45) is 0 Å². The minimum absolute atomic E-state index is 0.448. The summed E-state index contributed by atoms with van der Waals surface area (Å²) < 4.78 is -0.448. The zero-order valence-electron chi connectivity index (χ0n) is 8.13. The Morgan fingerprint density at radius 3 is 2.93 bits per heavy atom. The molecule has 0 fully saturated rings. The van der Waals surface area contributed by atoms with Crippen LogP contribution in [0.15, 0.2) is 24.3 Å². The van der Waals surface area contributed by atoms with Gasteiger partial charge in [-0.2, -0.15) is 5.26 Å². The van der Waals surface area contributed by atoms with Gasteiger partial charge in [0.25, 0.3) is 0 Å². The Morgan fingerprint density at radius 1 is 1.50 bits per heavy atom. The van der Waals surface area contributed by atoms with Crippen LogP contribution in [0.4, 0.5) is 0 Å². The van der Waals surface area contributed by atoms with Crippen molar-refractivity contribution < 1.29 is 0 Å². The summed E-state index contributed by atoms with van der Waals surface area (Å²) in [4.78, 5) is 0. The average molecular weight is 250 g/mol. The Hall–Kier alpha value is -0.810. The quantitative estimate of drug-likeness (QED) is 0.644. The van der Waals surface area contributed by atoms with Crippen molar-refractivity contribution in [1.82, 2.24) is 0 Å². The van der Waals surface area contributed by atoms with Crippen LogP contribution in [0.5, 0.6) is 0 Å². The molecule has 0 radical (unpaired) electrons. The van der Waals surface area contributed by atoms with E-state index in [9.17, 15) is 5.26 Å². The van der Waals surface area contributed by atoms with E-state index in [4.69, 9.17) is 0 Å². The minimum Gasteiger partial charge on any atom is -0.196 e. The first-order valence-electron chi connectivity index (χ1n) is 4.87. The Bertz CT molecular complexity index is 394. The van der Waals surface area contributed by atoms with E-state index in [1.807, 2.05) is 12.1 Å². The molecule has 0 bridgehead atoms. The third-order valence-electron chi connectivity index (χ3n) is 3.02. The molecule has 0 aromatic heterocycles. The van der Waals surface area contributed by atoms with Gasteiger partial charge in [-0.25, -0.2) is 0 Å². The van der Waals surface area contributed by atoms with Crippen LogP contribution in [-0.2, 0) is 4.32 Å². The average Bonchev–Trinajstić information content (AvgIpc) is 2.24. The van der Waals surface area contributed by atoms with Gasteiger partial charge in [0.15, 0.2) is 0 Å². The molecule has 0 spiro atoms. The highest BCUT2D eigenvalue weighted by atomic mass is 79.9. The predicted octanol–water partition coefficient (Wildman–Crippen LogP) is 3.70. The highest BCUT2D eigenvalue weighted by Crippen LogP contribution is 2.46. The lowest BCUT2D eigenvalue weighted by molar-refractivity contribution is 0.538. The molecule has 1 aromatic rings. The van der Waals surface area contributed by atoms with Crippen molar-refractivity contribution >= 4 is 15.9 Å². The van der Waals surface area contributed by atoms with Gasteiger partial charge in [-0.05, 0) is 29.9 Å². The fraction of sp³-hybridized carbons (Fsp3) is 0.417. The number of hydrogen-bond donors (Lipinski definition) is 0. The summed E-state index contributed by atoms with van der Waals surface area (Å²) in [5.41, 5.74) is 2.47. The first-order valence-corrected chi connectivity index (χ1v) is 5.66. The summed E-state index contributed by atoms with van der Waals surface area (Å²) in [7, 11) is 0. The molecule has 72 valence electrons. The van der Waals surface area contributed by atoms with Crippen molar-refractivity contribution in [3.8, 4) is 6.07 Å². The largest absolute Gasteiger partial charge is 0.196 e. The van der Waals surface area contributed by atoms with Gasteiger partial charge >= 0.3 is 0 Å². The summed E-state index contributed by atoms with van der Waals surface area (Å²) in [6.45, 7) is 2.22. The third kappa shape index (κ3) is 1.36. The SMILES string of the molecule is CC1CCC(Br)(C#N)c2ccccc21. The molecule has 2 rings (SSSR count). The second kappa shape index (κ2) is 3.40. The van der Waals surface area contributed by atoms with Gasteiger partial charge < -0.3 is 0 Å². The highest BCUT2D eigenvalue weighted by molar-refractivity contribution is 9.09. The summed E-state index contributed by atoms with van der Waals surface area (Å²) in [5, 5.41) is 9.19. The summed E-state index contributed by atoms with van der Waals surface area (Å²) in [6, 6.07) is 10.6. The maximum absolute atomic E-state index is 9.19. The van der Waals surface area contributed by atoms with Crippen molar-refractivity contribution in [2.45, 2.75) is 30.0 Å². The van der Waals surface area contributed by atoms with Crippen LogP contribution < -0.4 is 0 Å². The Labute approximate surface area is 92.9 Å². The molecule has 1 aromatic carbocycles. The van der Waals surface area contributed by atoms with Crippen LogP contribution in [-0.4, -0.2) is 0 Å². The minimum atomic E-state index is -0.448. The second-order valence-electron chi connectivity index (χ2n) is 3.94. The Balaban J connectivity index is 2.59. The number of benzene rings is 1.